The molecule has 38 heavy (non-hydrogen) atoms. The van der Waals surface area contributed by atoms with Crippen molar-refractivity contribution in [1.29, 1.82) is 0 Å². The number of likely N-dealkylation sites (N-methyl/N-ethyl adjacent to an activating group) is 1. The fraction of sp³-hybridized carbons (Fsp3) is 0.286. The van der Waals surface area contributed by atoms with Crippen LogP contribution < -0.4 is 14.4 Å². The summed E-state index contributed by atoms with van der Waals surface area (Å²) in [5, 5.41) is 2.95. The third-order valence-electron chi connectivity index (χ3n) is 5.96. The Kier molecular flexibility index (Phi) is 9.77. The van der Waals surface area contributed by atoms with Gasteiger partial charge in [0, 0.05) is 18.6 Å². The van der Waals surface area contributed by atoms with Gasteiger partial charge in [-0.1, -0.05) is 53.6 Å². The molecule has 0 aliphatic heterocycles. The van der Waals surface area contributed by atoms with Gasteiger partial charge in [-0.3, -0.25) is 13.9 Å². The molecule has 0 saturated carbocycles. The summed E-state index contributed by atoms with van der Waals surface area (Å²) in [5.41, 5.74) is 2.02. The summed E-state index contributed by atoms with van der Waals surface area (Å²) < 4.78 is 34.5. The summed E-state index contributed by atoms with van der Waals surface area (Å²) in [6.45, 7) is 5.20. The molecule has 0 saturated heterocycles. The van der Waals surface area contributed by atoms with Gasteiger partial charge in [0.15, 0.2) is 0 Å². The van der Waals surface area contributed by atoms with Gasteiger partial charge in [0.25, 0.3) is 10.0 Å². The molecule has 0 aliphatic rings. The number of carbonyl (C=O) groups excluding carboxylic acids is 2. The normalized spacial score (nSPS) is 11.9. The Morgan fingerprint density at radius 3 is 2.34 bits per heavy atom. The van der Waals surface area contributed by atoms with Gasteiger partial charge in [-0.2, -0.15) is 0 Å². The number of aryl methyl sites for hydroxylation is 1. The number of sulfonamides is 1. The third kappa shape index (κ3) is 6.85. The highest BCUT2D eigenvalue weighted by Crippen LogP contribution is 2.33. The summed E-state index contributed by atoms with van der Waals surface area (Å²) in [6.07, 6.45) is 0. The molecule has 0 unspecified atom stereocenters. The Balaban J connectivity index is 2.09. The summed E-state index contributed by atoms with van der Waals surface area (Å²) in [7, 11) is -2.73. The summed E-state index contributed by atoms with van der Waals surface area (Å²) in [5.74, 6) is -0.607. The molecule has 1 N–H and O–H groups in total. The number of hydrogen-bond donors (Lipinski definition) is 1. The van der Waals surface area contributed by atoms with E-state index in [0.29, 0.717) is 17.4 Å². The first kappa shape index (κ1) is 29.0. The van der Waals surface area contributed by atoms with Crippen LogP contribution in [0.25, 0.3) is 0 Å². The standard InChI is InChI=1S/C28H32ClN3O5S/c1-5-37-26-12-7-6-11-25(26)32(38(35,36)24-15-13-23(29)14-16-24)19-27(33)31(21(3)28(34)30-4)18-22-10-8-9-20(2)17-22/h6-17,21H,5,18-19H2,1-4H3,(H,30,34)/t21-/m0/s1. The van der Waals surface area contributed by atoms with Crippen molar-refractivity contribution in [2.75, 3.05) is 24.5 Å². The minimum Gasteiger partial charge on any atom is -0.492 e. The number of carbonyl (C=O) groups is 2. The van der Waals surface area contributed by atoms with E-state index in [9.17, 15) is 18.0 Å². The number of nitrogens with zero attached hydrogens (tertiary/aromatic N) is 2. The number of ether oxygens (including phenoxy) is 1. The van der Waals surface area contributed by atoms with Crippen LogP contribution in [-0.4, -0.2) is 51.4 Å². The number of halogens is 1. The second-order valence-electron chi connectivity index (χ2n) is 8.67. The fourth-order valence-corrected chi connectivity index (χ4v) is 5.54. The van der Waals surface area contributed by atoms with Gasteiger partial charge in [-0.05, 0) is 62.7 Å². The third-order valence-corrected chi connectivity index (χ3v) is 7.99. The average Bonchev–Trinajstić information content (AvgIpc) is 2.90. The second kappa shape index (κ2) is 12.8. The molecule has 1 atom stereocenters. The molecule has 0 heterocycles. The zero-order chi connectivity index (χ0) is 27.9. The van der Waals surface area contributed by atoms with Crippen LogP contribution in [0.2, 0.25) is 5.02 Å². The van der Waals surface area contributed by atoms with Gasteiger partial charge in [0.2, 0.25) is 11.8 Å². The molecule has 0 spiro atoms. The zero-order valence-electron chi connectivity index (χ0n) is 21.8. The molecule has 0 radical (unpaired) electrons. The smallest absolute Gasteiger partial charge is 0.264 e. The summed E-state index contributed by atoms with van der Waals surface area (Å²) in [6, 6.07) is 19.1. The lowest BCUT2D eigenvalue weighted by atomic mass is 10.1. The highest BCUT2D eigenvalue weighted by Gasteiger charge is 2.33. The predicted molar refractivity (Wildman–Crippen MR) is 149 cm³/mol. The first-order valence-corrected chi connectivity index (χ1v) is 14.0. The molecule has 3 aromatic carbocycles. The minimum absolute atomic E-state index is 0.0365. The van der Waals surface area contributed by atoms with Crippen LogP contribution in [0, 0.1) is 6.92 Å². The lowest BCUT2D eigenvalue weighted by Gasteiger charge is -2.32. The summed E-state index contributed by atoms with van der Waals surface area (Å²) >= 11 is 5.99. The molecule has 0 fully saturated rings. The van der Waals surface area contributed by atoms with Crippen LogP contribution >= 0.6 is 11.6 Å². The molecule has 10 heteroatoms. The molecular formula is C28H32ClN3O5S. The fourth-order valence-electron chi connectivity index (χ4n) is 3.99. The molecule has 3 aromatic rings. The minimum atomic E-state index is -4.22. The predicted octanol–water partition coefficient (Wildman–Crippen LogP) is 4.41. The molecule has 0 aliphatic carbocycles. The number of para-hydroxylation sites is 2. The van der Waals surface area contributed by atoms with E-state index in [4.69, 9.17) is 16.3 Å². The topological polar surface area (TPSA) is 96.0 Å². The van der Waals surface area contributed by atoms with Gasteiger partial charge in [0.1, 0.15) is 18.3 Å². The van der Waals surface area contributed by atoms with Gasteiger partial charge < -0.3 is 15.0 Å². The van der Waals surface area contributed by atoms with Crippen molar-refractivity contribution in [2.24, 2.45) is 0 Å². The molecular weight excluding hydrogens is 526 g/mol. The van der Waals surface area contributed by atoms with Crippen LogP contribution in [0.5, 0.6) is 5.75 Å². The van der Waals surface area contributed by atoms with Crippen LogP contribution in [0.1, 0.15) is 25.0 Å². The van der Waals surface area contributed by atoms with Crippen molar-refractivity contribution in [1.82, 2.24) is 10.2 Å². The first-order valence-electron chi connectivity index (χ1n) is 12.1. The van der Waals surface area contributed by atoms with Crippen LogP contribution in [0.3, 0.4) is 0 Å². The monoisotopic (exact) mass is 557 g/mol. The van der Waals surface area contributed by atoms with E-state index in [1.165, 1.54) is 36.2 Å². The number of nitrogens with one attached hydrogen (secondary N) is 1. The highest BCUT2D eigenvalue weighted by atomic mass is 35.5. The molecule has 3 rings (SSSR count). The maximum atomic E-state index is 13.9. The second-order valence-corrected chi connectivity index (χ2v) is 11.0. The van der Waals surface area contributed by atoms with E-state index in [1.54, 1.807) is 38.1 Å². The Hall–Kier alpha value is -3.56. The van der Waals surface area contributed by atoms with Crippen molar-refractivity contribution < 1.29 is 22.7 Å². The lowest BCUT2D eigenvalue weighted by Crippen LogP contribution is -2.50. The molecule has 8 nitrogen and oxygen atoms in total. The maximum Gasteiger partial charge on any atom is 0.264 e. The van der Waals surface area contributed by atoms with Crippen molar-refractivity contribution >= 4 is 39.1 Å². The van der Waals surface area contributed by atoms with Crippen LogP contribution in [-0.2, 0) is 26.2 Å². The van der Waals surface area contributed by atoms with Crippen LogP contribution in [0.4, 0.5) is 5.69 Å². The molecule has 0 aromatic heterocycles. The van der Waals surface area contributed by atoms with E-state index in [2.05, 4.69) is 5.32 Å². The van der Waals surface area contributed by atoms with Gasteiger partial charge in [-0.15, -0.1) is 0 Å². The van der Waals surface area contributed by atoms with Crippen molar-refractivity contribution in [3.8, 4) is 5.75 Å². The lowest BCUT2D eigenvalue weighted by molar-refractivity contribution is -0.139. The molecule has 2 amide bonds. The highest BCUT2D eigenvalue weighted by molar-refractivity contribution is 7.92. The Morgan fingerprint density at radius 1 is 1.03 bits per heavy atom. The zero-order valence-corrected chi connectivity index (χ0v) is 23.4. The number of amides is 2. The van der Waals surface area contributed by atoms with E-state index >= 15 is 0 Å². The van der Waals surface area contributed by atoms with Crippen LogP contribution in [0.15, 0.2) is 77.7 Å². The number of anilines is 1. The SMILES string of the molecule is CCOc1ccccc1N(CC(=O)N(Cc1cccc(C)c1)[C@@H](C)C(=O)NC)S(=O)(=O)c1ccc(Cl)cc1. The maximum absolute atomic E-state index is 13.9. The summed E-state index contributed by atoms with van der Waals surface area (Å²) in [4.78, 5) is 27.8. The quantitative estimate of drug-likeness (QED) is 0.377. The average molecular weight is 558 g/mol. The van der Waals surface area contributed by atoms with E-state index in [-0.39, 0.29) is 23.0 Å². The van der Waals surface area contributed by atoms with Crippen molar-refractivity contribution in [3.63, 3.8) is 0 Å². The Bertz CT molecular complexity index is 1380. The number of rotatable bonds is 11. The Labute approximate surface area is 229 Å². The van der Waals surface area contributed by atoms with E-state index in [0.717, 1.165) is 15.4 Å². The first-order chi connectivity index (χ1) is 18.1. The molecule has 202 valence electrons. The Morgan fingerprint density at radius 2 is 1.71 bits per heavy atom. The van der Waals surface area contributed by atoms with Gasteiger partial charge in [-0.25, -0.2) is 8.42 Å². The van der Waals surface area contributed by atoms with Gasteiger partial charge in [0.05, 0.1) is 17.2 Å². The van der Waals surface area contributed by atoms with E-state index in [1.807, 2.05) is 31.2 Å². The van der Waals surface area contributed by atoms with Gasteiger partial charge >= 0.3 is 0 Å². The van der Waals surface area contributed by atoms with Crippen molar-refractivity contribution in [3.05, 3.63) is 88.9 Å². The largest absolute Gasteiger partial charge is 0.492 e. The number of hydrogen-bond acceptors (Lipinski definition) is 5. The molecule has 0 bridgehead atoms. The van der Waals surface area contributed by atoms with E-state index < -0.39 is 28.5 Å². The van der Waals surface area contributed by atoms with Crippen molar-refractivity contribution in [2.45, 2.75) is 38.3 Å². The number of benzene rings is 3.